The molecule has 0 aliphatic rings. The molecule has 0 spiro atoms. The monoisotopic (exact) mass is 269 g/mol. The van der Waals surface area contributed by atoms with E-state index in [0.29, 0.717) is 13.0 Å². The molecule has 0 aromatic heterocycles. The number of benzene rings is 1. The standard InChI is InChI=1S/C14H23NO2S/c1-3-18(16,17)10-6-8-13(11-15)14-9-5-4-7-12(14)2/h4-5,7,9,13H,3,6,8,10-11,15H2,1-2H3. The average molecular weight is 269 g/mol. The first-order chi connectivity index (χ1) is 8.50. The lowest BCUT2D eigenvalue weighted by atomic mass is 9.91. The van der Waals surface area contributed by atoms with Crippen LogP contribution >= 0.6 is 0 Å². The van der Waals surface area contributed by atoms with Crippen LogP contribution in [0.2, 0.25) is 0 Å². The van der Waals surface area contributed by atoms with Crippen LogP contribution in [-0.4, -0.2) is 26.5 Å². The maximum Gasteiger partial charge on any atom is 0.150 e. The van der Waals surface area contributed by atoms with E-state index < -0.39 is 9.84 Å². The van der Waals surface area contributed by atoms with Crippen molar-refractivity contribution in [2.45, 2.75) is 32.6 Å². The van der Waals surface area contributed by atoms with E-state index in [2.05, 4.69) is 19.1 Å². The second-order valence-corrected chi connectivity index (χ2v) is 7.14. The van der Waals surface area contributed by atoms with E-state index in [1.54, 1.807) is 6.92 Å². The van der Waals surface area contributed by atoms with Gasteiger partial charge in [0.25, 0.3) is 0 Å². The highest BCUT2D eigenvalue weighted by molar-refractivity contribution is 7.91. The Bertz CT molecular complexity index is 468. The molecule has 1 unspecified atom stereocenters. The predicted molar refractivity (Wildman–Crippen MR) is 76.5 cm³/mol. The SMILES string of the molecule is CCS(=O)(=O)CCCC(CN)c1ccccc1C. The maximum atomic E-state index is 11.4. The van der Waals surface area contributed by atoms with Gasteiger partial charge >= 0.3 is 0 Å². The highest BCUT2D eigenvalue weighted by atomic mass is 32.2. The molecule has 18 heavy (non-hydrogen) atoms. The molecule has 2 N–H and O–H groups in total. The molecule has 0 fully saturated rings. The molecule has 1 aromatic rings. The summed E-state index contributed by atoms with van der Waals surface area (Å²) >= 11 is 0. The summed E-state index contributed by atoms with van der Waals surface area (Å²) in [6.45, 7) is 4.33. The molecule has 0 saturated carbocycles. The van der Waals surface area contributed by atoms with Crippen LogP contribution in [0.5, 0.6) is 0 Å². The number of sulfone groups is 1. The smallest absolute Gasteiger partial charge is 0.150 e. The van der Waals surface area contributed by atoms with Crippen molar-refractivity contribution in [3.05, 3.63) is 35.4 Å². The quantitative estimate of drug-likeness (QED) is 0.826. The first kappa shape index (κ1) is 15.2. The van der Waals surface area contributed by atoms with Crippen LogP contribution in [0.15, 0.2) is 24.3 Å². The third-order valence-corrected chi connectivity index (χ3v) is 5.15. The van der Waals surface area contributed by atoms with Gasteiger partial charge in [-0.3, -0.25) is 0 Å². The van der Waals surface area contributed by atoms with Gasteiger partial charge in [-0.25, -0.2) is 8.42 Å². The van der Waals surface area contributed by atoms with Crippen molar-refractivity contribution in [3.8, 4) is 0 Å². The molecule has 0 bridgehead atoms. The normalized spacial score (nSPS) is 13.5. The summed E-state index contributed by atoms with van der Waals surface area (Å²) in [7, 11) is -2.86. The molecule has 0 amide bonds. The molecule has 4 heteroatoms. The minimum Gasteiger partial charge on any atom is -0.330 e. The zero-order chi connectivity index (χ0) is 13.6. The fourth-order valence-corrected chi connectivity index (χ4v) is 3.03. The Balaban J connectivity index is 2.61. The van der Waals surface area contributed by atoms with E-state index >= 15 is 0 Å². The summed E-state index contributed by atoms with van der Waals surface area (Å²) in [5, 5.41) is 0. The minimum atomic E-state index is -2.86. The molecule has 1 atom stereocenters. The van der Waals surface area contributed by atoms with Crippen molar-refractivity contribution in [2.24, 2.45) is 5.73 Å². The fourth-order valence-electron chi connectivity index (χ4n) is 2.14. The van der Waals surface area contributed by atoms with Gasteiger partial charge in [-0.05, 0) is 43.4 Å². The molecule has 102 valence electrons. The van der Waals surface area contributed by atoms with Gasteiger partial charge in [-0.2, -0.15) is 0 Å². The van der Waals surface area contributed by atoms with Gasteiger partial charge in [0.2, 0.25) is 0 Å². The van der Waals surface area contributed by atoms with Crippen molar-refractivity contribution < 1.29 is 8.42 Å². The Morgan fingerprint density at radius 3 is 2.50 bits per heavy atom. The van der Waals surface area contributed by atoms with Crippen LogP contribution in [0.4, 0.5) is 0 Å². The molecular weight excluding hydrogens is 246 g/mol. The van der Waals surface area contributed by atoms with Crippen molar-refractivity contribution in [3.63, 3.8) is 0 Å². The number of nitrogens with two attached hydrogens (primary N) is 1. The second kappa shape index (κ2) is 6.90. The van der Waals surface area contributed by atoms with Crippen molar-refractivity contribution >= 4 is 9.84 Å². The molecule has 0 saturated heterocycles. The van der Waals surface area contributed by atoms with Gasteiger partial charge in [0, 0.05) is 5.75 Å². The Labute approximate surface area is 110 Å². The van der Waals surface area contributed by atoms with Gasteiger partial charge in [0.15, 0.2) is 0 Å². The highest BCUT2D eigenvalue weighted by Gasteiger charge is 2.14. The van der Waals surface area contributed by atoms with Crippen molar-refractivity contribution in [2.75, 3.05) is 18.1 Å². The molecule has 0 aliphatic heterocycles. The van der Waals surface area contributed by atoms with Crippen molar-refractivity contribution in [1.82, 2.24) is 0 Å². The predicted octanol–water partition coefficient (Wildman–Crippen LogP) is 2.25. The lowest BCUT2D eigenvalue weighted by Gasteiger charge is -2.17. The van der Waals surface area contributed by atoms with Crippen LogP contribution in [0.25, 0.3) is 0 Å². The first-order valence-corrected chi connectivity index (χ1v) is 8.28. The molecule has 1 rings (SSSR count). The highest BCUT2D eigenvalue weighted by Crippen LogP contribution is 2.23. The van der Waals surface area contributed by atoms with E-state index in [-0.39, 0.29) is 17.4 Å². The summed E-state index contributed by atoms with van der Waals surface area (Å²) < 4.78 is 22.9. The van der Waals surface area contributed by atoms with E-state index in [9.17, 15) is 8.42 Å². The Morgan fingerprint density at radius 2 is 1.94 bits per heavy atom. The lowest BCUT2D eigenvalue weighted by molar-refractivity contribution is 0.580. The number of aryl methyl sites for hydroxylation is 1. The van der Waals surface area contributed by atoms with Crippen LogP contribution in [0.3, 0.4) is 0 Å². The summed E-state index contributed by atoms with van der Waals surface area (Å²) in [4.78, 5) is 0. The average Bonchev–Trinajstić information content (AvgIpc) is 2.36. The molecule has 0 aliphatic carbocycles. The summed E-state index contributed by atoms with van der Waals surface area (Å²) in [6.07, 6.45) is 1.52. The molecule has 1 aromatic carbocycles. The van der Waals surface area contributed by atoms with E-state index in [1.807, 2.05) is 12.1 Å². The Kier molecular flexibility index (Phi) is 5.82. The maximum absolute atomic E-state index is 11.4. The van der Waals surface area contributed by atoms with Gasteiger partial charge in [-0.15, -0.1) is 0 Å². The number of rotatable bonds is 7. The fraction of sp³-hybridized carbons (Fsp3) is 0.571. The minimum absolute atomic E-state index is 0.227. The largest absolute Gasteiger partial charge is 0.330 e. The lowest BCUT2D eigenvalue weighted by Crippen LogP contribution is -2.16. The third kappa shape index (κ3) is 4.42. The molecule has 0 radical (unpaired) electrons. The van der Waals surface area contributed by atoms with Gasteiger partial charge < -0.3 is 5.73 Å². The van der Waals surface area contributed by atoms with Crippen molar-refractivity contribution in [1.29, 1.82) is 0 Å². The Hall–Kier alpha value is -0.870. The topological polar surface area (TPSA) is 60.2 Å². The second-order valence-electron chi connectivity index (χ2n) is 4.67. The van der Waals surface area contributed by atoms with Crippen LogP contribution in [0.1, 0.15) is 36.8 Å². The van der Waals surface area contributed by atoms with E-state index in [1.165, 1.54) is 11.1 Å². The van der Waals surface area contributed by atoms with E-state index in [4.69, 9.17) is 5.73 Å². The molecular formula is C14H23NO2S. The van der Waals surface area contributed by atoms with Gasteiger partial charge in [0.1, 0.15) is 9.84 Å². The zero-order valence-electron chi connectivity index (χ0n) is 11.2. The van der Waals surface area contributed by atoms with E-state index in [0.717, 1.165) is 6.42 Å². The van der Waals surface area contributed by atoms with Crippen LogP contribution in [0, 0.1) is 6.92 Å². The molecule has 0 heterocycles. The van der Waals surface area contributed by atoms with Gasteiger partial charge in [-0.1, -0.05) is 31.2 Å². The zero-order valence-corrected chi connectivity index (χ0v) is 12.0. The number of hydrogen-bond acceptors (Lipinski definition) is 3. The summed E-state index contributed by atoms with van der Waals surface area (Å²) in [5.41, 5.74) is 8.28. The van der Waals surface area contributed by atoms with Crippen LogP contribution < -0.4 is 5.73 Å². The Morgan fingerprint density at radius 1 is 1.28 bits per heavy atom. The summed E-state index contributed by atoms with van der Waals surface area (Å²) in [6, 6.07) is 8.17. The van der Waals surface area contributed by atoms with Gasteiger partial charge in [0.05, 0.1) is 5.75 Å². The summed E-state index contributed by atoms with van der Waals surface area (Å²) in [5.74, 6) is 0.759. The third-order valence-electron chi connectivity index (χ3n) is 3.36. The first-order valence-electron chi connectivity index (χ1n) is 6.46. The van der Waals surface area contributed by atoms with Crippen LogP contribution in [-0.2, 0) is 9.84 Å². The number of hydrogen-bond donors (Lipinski definition) is 1. The molecule has 3 nitrogen and oxygen atoms in total.